The van der Waals surface area contributed by atoms with Crippen LogP contribution in [0.25, 0.3) is 22.2 Å². The van der Waals surface area contributed by atoms with Crippen LogP contribution in [0.3, 0.4) is 0 Å². The van der Waals surface area contributed by atoms with Crippen molar-refractivity contribution < 1.29 is 0 Å². The largest absolute Gasteiger partial charge is 0.360 e. The van der Waals surface area contributed by atoms with E-state index in [1.54, 1.807) is 0 Å². The molecule has 0 amide bonds. The van der Waals surface area contributed by atoms with E-state index in [4.69, 9.17) is 5.73 Å². The van der Waals surface area contributed by atoms with Gasteiger partial charge in [-0.1, -0.05) is 18.2 Å². The van der Waals surface area contributed by atoms with Crippen LogP contribution in [0.1, 0.15) is 5.69 Å². The Morgan fingerprint density at radius 2 is 2.18 bits per heavy atom. The highest BCUT2D eigenvalue weighted by atomic mass is 15.3. The Balaban J connectivity index is 2.23. The van der Waals surface area contributed by atoms with Crippen molar-refractivity contribution in [3.8, 4) is 11.3 Å². The standard InChI is InChI=1S/C13H14N4/c1-17-13(6-9(7-14)16-17)11-8-15-12-5-3-2-4-10(11)12/h2-6,8,15H,7,14H2,1H3. The molecule has 0 aliphatic heterocycles. The first-order valence-corrected chi connectivity index (χ1v) is 5.59. The lowest BCUT2D eigenvalue weighted by Gasteiger charge is -1.99. The van der Waals surface area contributed by atoms with Gasteiger partial charge in [0.05, 0.1) is 11.4 Å². The van der Waals surface area contributed by atoms with Crippen LogP contribution in [0.4, 0.5) is 0 Å². The van der Waals surface area contributed by atoms with Crippen LogP contribution in [0, 0.1) is 0 Å². The number of aromatic amines is 1. The highest BCUT2D eigenvalue weighted by Gasteiger charge is 2.10. The topological polar surface area (TPSA) is 59.6 Å². The summed E-state index contributed by atoms with van der Waals surface area (Å²) in [4.78, 5) is 3.27. The predicted molar refractivity (Wildman–Crippen MR) is 68.4 cm³/mol. The van der Waals surface area contributed by atoms with Gasteiger partial charge in [-0.25, -0.2) is 0 Å². The quantitative estimate of drug-likeness (QED) is 0.702. The van der Waals surface area contributed by atoms with Crippen LogP contribution in [0.15, 0.2) is 36.5 Å². The summed E-state index contributed by atoms with van der Waals surface area (Å²) in [5.74, 6) is 0. The number of rotatable bonds is 2. The van der Waals surface area contributed by atoms with Crippen molar-refractivity contribution in [1.29, 1.82) is 0 Å². The number of H-pyrrole nitrogens is 1. The van der Waals surface area contributed by atoms with Gasteiger partial charge in [0.25, 0.3) is 0 Å². The van der Waals surface area contributed by atoms with Gasteiger partial charge in [-0.3, -0.25) is 4.68 Å². The zero-order chi connectivity index (χ0) is 11.8. The third kappa shape index (κ3) is 1.54. The molecule has 2 aromatic heterocycles. The third-order valence-electron chi connectivity index (χ3n) is 3.00. The molecule has 0 radical (unpaired) electrons. The van der Waals surface area contributed by atoms with E-state index in [9.17, 15) is 0 Å². The zero-order valence-corrected chi connectivity index (χ0v) is 9.64. The number of nitrogens with one attached hydrogen (secondary N) is 1. The van der Waals surface area contributed by atoms with E-state index in [1.807, 2.05) is 36.1 Å². The first-order valence-electron chi connectivity index (χ1n) is 5.59. The van der Waals surface area contributed by atoms with E-state index in [-0.39, 0.29) is 0 Å². The summed E-state index contributed by atoms with van der Waals surface area (Å²) >= 11 is 0. The Morgan fingerprint density at radius 1 is 1.35 bits per heavy atom. The highest BCUT2D eigenvalue weighted by Crippen LogP contribution is 2.28. The second-order valence-electron chi connectivity index (χ2n) is 4.10. The maximum absolute atomic E-state index is 5.61. The number of benzene rings is 1. The first kappa shape index (κ1) is 10.1. The van der Waals surface area contributed by atoms with Crippen molar-refractivity contribution in [2.24, 2.45) is 12.8 Å². The SMILES string of the molecule is Cn1nc(CN)cc1-c1c[nH]c2ccccc12. The molecular weight excluding hydrogens is 212 g/mol. The molecule has 3 aromatic rings. The van der Waals surface area contributed by atoms with E-state index in [2.05, 4.69) is 22.2 Å². The van der Waals surface area contributed by atoms with Crippen molar-refractivity contribution in [3.05, 3.63) is 42.2 Å². The summed E-state index contributed by atoms with van der Waals surface area (Å²) in [7, 11) is 1.94. The molecule has 0 saturated carbocycles. The van der Waals surface area contributed by atoms with Gasteiger partial charge in [-0.2, -0.15) is 5.10 Å². The lowest BCUT2D eigenvalue weighted by Crippen LogP contribution is -1.98. The molecule has 17 heavy (non-hydrogen) atoms. The van der Waals surface area contributed by atoms with Gasteiger partial charge in [-0.15, -0.1) is 0 Å². The zero-order valence-electron chi connectivity index (χ0n) is 9.64. The maximum Gasteiger partial charge on any atom is 0.0766 e. The number of nitrogens with zero attached hydrogens (tertiary/aromatic N) is 2. The monoisotopic (exact) mass is 226 g/mol. The minimum Gasteiger partial charge on any atom is -0.360 e. The molecule has 3 N–H and O–H groups in total. The number of nitrogens with two attached hydrogens (primary N) is 1. The fraction of sp³-hybridized carbons (Fsp3) is 0.154. The van der Waals surface area contributed by atoms with Crippen molar-refractivity contribution in [2.45, 2.75) is 6.54 Å². The highest BCUT2D eigenvalue weighted by molar-refractivity contribution is 5.94. The van der Waals surface area contributed by atoms with E-state index in [1.165, 1.54) is 5.39 Å². The normalized spacial score (nSPS) is 11.2. The number of para-hydroxylation sites is 1. The molecule has 0 unspecified atom stereocenters. The third-order valence-corrected chi connectivity index (χ3v) is 3.00. The number of hydrogen-bond acceptors (Lipinski definition) is 2. The molecule has 3 rings (SSSR count). The lowest BCUT2D eigenvalue weighted by atomic mass is 10.1. The average Bonchev–Trinajstić information content (AvgIpc) is 2.92. The molecule has 0 bridgehead atoms. The van der Waals surface area contributed by atoms with Crippen molar-refractivity contribution in [2.75, 3.05) is 0 Å². The van der Waals surface area contributed by atoms with Crippen molar-refractivity contribution in [3.63, 3.8) is 0 Å². The fourth-order valence-electron chi connectivity index (χ4n) is 2.16. The summed E-state index contributed by atoms with van der Waals surface area (Å²) in [6, 6.07) is 10.3. The molecule has 1 aromatic carbocycles. The summed E-state index contributed by atoms with van der Waals surface area (Å²) in [5, 5.41) is 5.58. The van der Waals surface area contributed by atoms with E-state index in [0.717, 1.165) is 22.5 Å². The Morgan fingerprint density at radius 3 is 2.94 bits per heavy atom. The molecule has 0 spiro atoms. The molecule has 4 nitrogen and oxygen atoms in total. The summed E-state index contributed by atoms with van der Waals surface area (Å²) in [6.07, 6.45) is 2.02. The Bertz CT molecular complexity index is 663. The van der Waals surface area contributed by atoms with Gasteiger partial charge in [0, 0.05) is 36.3 Å². The average molecular weight is 226 g/mol. The fourth-order valence-corrected chi connectivity index (χ4v) is 2.16. The number of hydrogen-bond donors (Lipinski definition) is 2. The lowest BCUT2D eigenvalue weighted by molar-refractivity contribution is 0.749. The van der Waals surface area contributed by atoms with E-state index in [0.29, 0.717) is 6.54 Å². The Hall–Kier alpha value is -2.07. The molecule has 0 atom stereocenters. The molecule has 0 aliphatic rings. The van der Waals surface area contributed by atoms with Gasteiger partial charge in [0.15, 0.2) is 0 Å². The first-order chi connectivity index (χ1) is 8.29. The smallest absolute Gasteiger partial charge is 0.0766 e. The molecule has 2 heterocycles. The van der Waals surface area contributed by atoms with Crippen LogP contribution in [-0.2, 0) is 13.6 Å². The van der Waals surface area contributed by atoms with Crippen molar-refractivity contribution in [1.82, 2.24) is 14.8 Å². The molecule has 4 heteroatoms. The second kappa shape index (κ2) is 3.75. The molecule has 0 fully saturated rings. The van der Waals surface area contributed by atoms with Crippen molar-refractivity contribution >= 4 is 10.9 Å². The predicted octanol–water partition coefficient (Wildman–Crippen LogP) is 2.03. The minimum atomic E-state index is 0.468. The molecule has 0 aliphatic carbocycles. The maximum atomic E-state index is 5.61. The molecule has 86 valence electrons. The molecule has 0 saturated heterocycles. The van der Waals surface area contributed by atoms with Crippen LogP contribution in [0.5, 0.6) is 0 Å². The van der Waals surface area contributed by atoms with Crippen LogP contribution < -0.4 is 5.73 Å². The van der Waals surface area contributed by atoms with E-state index >= 15 is 0 Å². The molecular formula is C13H14N4. The van der Waals surface area contributed by atoms with E-state index < -0.39 is 0 Å². The van der Waals surface area contributed by atoms with Crippen LogP contribution >= 0.6 is 0 Å². The van der Waals surface area contributed by atoms with Gasteiger partial charge in [0.1, 0.15) is 0 Å². The number of aryl methyl sites for hydroxylation is 1. The Labute approximate surface area is 99.1 Å². The summed E-state index contributed by atoms with van der Waals surface area (Å²) in [6.45, 7) is 0.468. The van der Waals surface area contributed by atoms with Gasteiger partial charge in [0.2, 0.25) is 0 Å². The summed E-state index contributed by atoms with van der Waals surface area (Å²) in [5.41, 5.74) is 9.91. The Kier molecular flexibility index (Phi) is 2.23. The second-order valence-corrected chi connectivity index (χ2v) is 4.10. The van der Waals surface area contributed by atoms with Gasteiger partial charge < -0.3 is 10.7 Å². The number of aromatic nitrogens is 3. The number of fused-ring (bicyclic) bond motifs is 1. The summed E-state index contributed by atoms with van der Waals surface area (Å²) < 4.78 is 1.87. The van der Waals surface area contributed by atoms with Gasteiger partial charge >= 0.3 is 0 Å². The minimum absolute atomic E-state index is 0.468. The van der Waals surface area contributed by atoms with Crippen LogP contribution in [0.2, 0.25) is 0 Å². The van der Waals surface area contributed by atoms with Crippen LogP contribution in [-0.4, -0.2) is 14.8 Å². The van der Waals surface area contributed by atoms with Gasteiger partial charge in [-0.05, 0) is 12.1 Å².